The van der Waals surface area contributed by atoms with Crippen molar-refractivity contribution in [1.29, 1.82) is 0 Å². The molecule has 1 unspecified atom stereocenters. The second kappa shape index (κ2) is 68.6. The lowest BCUT2D eigenvalue weighted by Gasteiger charge is -2.18. The summed E-state index contributed by atoms with van der Waals surface area (Å²) in [4.78, 5) is 38.2. The standard InChI is InChI=1S/C74H134O6/c1-4-7-10-13-16-19-22-24-26-28-29-30-31-32-33-34-35-36-37-38-39-40-41-42-43-44-45-47-48-50-52-55-58-61-64-67-73(76)79-70-71(69-78-72(75)66-63-60-57-54-21-18-15-12-9-6-3)80-74(77)68-65-62-59-56-53-51-49-46-27-25-23-20-17-14-11-8-5-2/h8,11,17,20,25,27,49,51,56,59,71H,4-7,9-10,12-16,18-19,21-24,26,28-48,50,52-55,57-58,60-70H2,1-3H3/b11-8-,20-17-,27-25-,51-49-,59-56-. The third kappa shape index (κ3) is 65.9. The molecule has 0 aromatic rings. The Morgan fingerprint density at radius 3 is 0.750 bits per heavy atom. The highest BCUT2D eigenvalue weighted by Gasteiger charge is 2.19. The summed E-state index contributed by atoms with van der Waals surface area (Å²) in [6, 6.07) is 0. The molecule has 0 amide bonds. The van der Waals surface area contributed by atoms with Crippen LogP contribution in [0.15, 0.2) is 60.8 Å². The fourth-order valence-corrected chi connectivity index (χ4v) is 10.5. The minimum atomic E-state index is -0.801. The van der Waals surface area contributed by atoms with Crippen LogP contribution in [0.3, 0.4) is 0 Å². The molecule has 466 valence electrons. The van der Waals surface area contributed by atoms with Crippen molar-refractivity contribution in [3.05, 3.63) is 60.8 Å². The lowest BCUT2D eigenvalue weighted by atomic mass is 10.0. The Balaban J connectivity index is 4.05. The zero-order valence-electron chi connectivity index (χ0n) is 53.6. The van der Waals surface area contributed by atoms with Crippen LogP contribution in [0.5, 0.6) is 0 Å². The number of hydrogen-bond donors (Lipinski definition) is 0. The van der Waals surface area contributed by atoms with E-state index >= 15 is 0 Å². The molecule has 0 radical (unpaired) electrons. The first-order valence-corrected chi connectivity index (χ1v) is 35.3. The number of ether oxygens (including phenoxy) is 3. The van der Waals surface area contributed by atoms with Gasteiger partial charge in [-0.3, -0.25) is 14.4 Å². The van der Waals surface area contributed by atoms with Gasteiger partial charge in [-0.25, -0.2) is 0 Å². The lowest BCUT2D eigenvalue weighted by Crippen LogP contribution is -2.30. The Morgan fingerprint density at radius 2 is 0.487 bits per heavy atom. The maximum Gasteiger partial charge on any atom is 0.306 e. The smallest absolute Gasteiger partial charge is 0.306 e. The average molecular weight is 1120 g/mol. The van der Waals surface area contributed by atoms with E-state index in [1.807, 2.05) is 0 Å². The third-order valence-corrected chi connectivity index (χ3v) is 15.8. The van der Waals surface area contributed by atoms with Gasteiger partial charge in [-0.1, -0.05) is 358 Å². The number of hydrogen-bond acceptors (Lipinski definition) is 6. The van der Waals surface area contributed by atoms with Crippen LogP contribution in [-0.2, 0) is 28.6 Å². The van der Waals surface area contributed by atoms with Crippen molar-refractivity contribution in [2.24, 2.45) is 0 Å². The summed E-state index contributed by atoms with van der Waals surface area (Å²) in [5.74, 6) is -0.935. The number of unbranched alkanes of at least 4 members (excludes halogenated alkanes) is 44. The van der Waals surface area contributed by atoms with Crippen molar-refractivity contribution in [1.82, 2.24) is 0 Å². The second-order valence-corrected chi connectivity index (χ2v) is 23.8. The van der Waals surface area contributed by atoms with Crippen molar-refractivity contribution < 1.29 is 28.6 Å². The fraction of sp³-hybridized carbons (Fsp3) is 0.824. The first kappa shape index (κ1) is 77.1. The lowest BCUT2D eigenvalue weighted by molar-refractivity contribution is -0.167. The molecule has 0 aliphatic rings. The second-order valence-electron chi connectivity index (χ2n) is 23.8. The van der Waals surface area contributed by atoms with Gasteiger partial charge in [0.25, 0.3) is 0 Å². The van der Waals surface area contributed by atoms with Crippen LogP contribution in [0.4, 0.5) is 0 Å². The van der Waals surface area contributed by atoms with Gasteiger partial charge in [0.2, 0.25) is 0 Å². The van der Waals surface area contributed by atoms with Gasteiger partial charge in [0.1, 0.15) is 13.2 Å². The van der Waals surface area contributed by atoms with Crippen LogP contribution in [0.25, 0.3) is 0 Å². The van der Waals surface area contributed by atoms with E-state index in [4.69, 9.17) is 14.2 Å². The summed E-state index contributed by atoms with van der Waals surface area (Å²) in [6.45, 7) is 6.52. The molecule has 80 heavy (non-hydrogen) atoms. The van der Waals surface area contributed by atoms with Crippen LogP contribution in [0, 0.1) is 0 Å². The van der Waals surface area contributed by atoms with Crippen molar-refractivity contribution in [2.75, 3.05) is 13.2 Å². The van der Waals surface area contributed by atoms with Crippen molar-refractivity contribution >= 4 is 17.9 Å². The Morgan fingerprint density at radius 1 is 0.263 bits per heavy atom. The summed E-state index contributed by atoms with van der Waals surface area (Å²) in [7, 11) is 0. The van der Waals surface area contributed by atoms with E-state index in [0.717, 1.165) is 77.0 Å². The largest absolute Gasteiger partial charge is 0.462 e. The topological polar surface area (TPSA) is 78.9 Å². The molecule has 0 fully saturated rings. The van der Waals surface area contributed by atoms with Gasteiger partial charge in [0.15, 0.2) is 6.10 Å². The maximum absolute atomic E-state index is 12.9. The summed E-state index contributed by atoms with van der Waals surface area (Å²) < 4.78 is 16.9. The fourth-order valence-electron chi connectivity index (χ4n) is 10.5. The van der Waals surface area contributed by atoms with E-state index < -0.39 is 6.10 Å². The predicted molar refractivity (Wildman–Crippen MR) is 348 cm³/mol. The molecule has 0 spiro atoms. The molecular weight excluding hydrogens is 985 g/mol. The maximum atomic E-state index is 12.9. The first-order valence-electron chi connectivity index (χ1n) is 35.3. The molecule has 0 saturated heterocycles. The SMILES string of the molecule is CC/C=C\C/C=C\C/C=C\C/C=C\C/C=C\CCCC(=O)OC(COC(=O)CCCCCCCCCCCC)COC(=O)CCCCCCCCCCCCCCCCCCCCCCCCCCCCCCCCCCCCC. The van der Waals surface area contributed by atoms with Gasteiger partial charge in [0.05, 0.1) is 0 Å². The molecule has 0 N–H and O–H groups in total. The Hall–Kier alpha value is -2.89. The highest BCUT2D eigenvalue weighted by molar-refractivity contribution is 5.71. The summed E-state index contributed by atoms with van der Waals surface area (Å²) >= 11 is 0. The van der Waals surface area contributed by atoms with Gasteiger partial charge in [-0.2, -0.15) is 0 Å². The Kier molecular flexibility index (Phi) is 66.1. The summed E-state index contributed by atoms with van der Waals surface area (Å²) in [5.41, 5.74) is 0. The van der Waals surface area contributed by atoms with E-state index in [0.29, 0.717) is 19.3 Å². The van der Waals surface area contributed by atoms with Crippen molar-refractivity contribution in [2.45, 2.75) is 380 Å². The average Bonchev–Trinajstić information content (AvgIpc) is 3.46. The normalized spacial score (nSPS) is 12.4. The van der Waals surface area contributed by atoms with Crippen LogP contribution in [0.2, 0.25) is 0 Å². The molecule has 0 aromatic heterocycles. The Labute approximate surface area is 498 Å². The molecule has 0 saturated carbocycles. The number of rotatable bonds is 65. The van der Waals surface area contributed by atoms with Gasteiger partial charge in [-0.05, 0) is 57.8 Å². The molecule has 0 aromatic carbocycles. The molecule has 6 heteroatoms. The van der Waals surface area contributed by atoms with E-state index in [1.165, 1.54) is 250 Å². The molecule has 6 nitrogen and oxygen atoms in total. The number of allylic oxidation sites excluding steroid dienone is 10. The number of carbonyl (C=O) groups is 3. The predicted octanol–water partition coefficient (Wildman–Crippen LogP) is 24.3. The summed E-state index contributed by atoms with van der Waals surface area (Å²) in [6.07, 6.45) is 88.7. The summed E-state index contributed by atoms with van der Waals surface area (Å²) in [5, 5.41) is 0. The molecule has 0 bridgehead atoms. The van der Waals surface area contributed by atoms with E-state index in [-0.39, 0.29) is 37.5 Å². The minimum absolute atomic E-state index is 0.0927. The van der Waals surface area contributed by atoms with Gasteiger partial charge >= 0.3 is 17.9 Å². The highest BCUT2D eigenvalue weighted by Crippen LogP contribution is 2.19. The quantitative estimate of drug-likeness (QED) is 0.0261. The van der Waals surface area contributed by atoms with Gasteiger partial charge < -0.3 is 14.2 Å². The van der Waals surface area contributed by atoms with Gasteiger partial charge in [0, 0.05) is 19.3 Å². The molecule has 0 heterocycles. The van der Waals surface area contributed by atoms with Crippen LogP contribution in [0.1, 0.15) is 374 Å². The Bertz CT molecular complexity index is 1430. The number of carbonyl (C=O) groups excluding carboxylic acids is 3. The van der Waals surface area contributed by atoms with Crippen molar-refractivity contribution in [3.8, 4) is 0 Å². The monoisotopic (exact) mass is 1120 g/mol. The van der Waals surface area contributed by atoms with Crippen LogP contribution in [-0.4, -0.2) is 37.2 Å². The van der Waals surface area contributed by atoms with E-state index in [2.05, 4.69) is 81.5 Å². The van der Waals surface area contributed by atoms with E-state index in [9.17, 15) is 14.4 Å². The van der Waals surface area contributed by atoms with Crippen LogP contribution >= 0.6 is 0 Å². The molecule has 0 rings (SSSR count). The molecule has 0 aliphatic carbocycles. The molecule has 0 aliphatic heterocycles. The first-order chi connectivity index (χ1) is 39.5. The number of esters is 3. The zero-order valence-corrected chi connectivity index (χ0v) is 53.6. The highest BCUT2D eigenvalue weighted by atomic mass is 16.6. The zero-order chi connectivity index (χ0) is 57.8. The van der Waals surface area contributed by atoms with E-state index in [1.54, 1.807) is 0 Å². The van der Waals surface area contributed by atoms with Gasteiger partial charge in [-0.15, -0.1) is 0 Å². The van der Waals surface area contributed by atoms with Crippen LogP contribution < -0.4 is 0 Å². The third-order valence-electron chi connectivity index (χ3n) is 15.8. The minimum Gasteiger partial charge on any atom is -0.462 e. The van der Waals surface area contributed by atoms with Crippen molar-refractivity contribution in [3.63, 3.8) is 0 Å². The molecule has 1 atom stereocenters. The molecular formula is C74H134O6.